The topological polar surface area (TPSA) is 84.2 Å². The molecule has 0 saturated heterocycles. The number of aromatic nitrogens is 2. The molecule has 2 aromatic heterocycles. The lowest BCUT2D eigenvalue weighted by Gasteiger charge is -2.60. The van der Waals surface area contributed by atoms with Gasteiger partial charge in [-0.25, -0.2) is 4.68 Å². The van der Waals surface area contributed by atoms with Crippen LogP contribution in [0.4, 0.5) is 5.69 Å². The van der Waals surface area contributed by atoms with Gasteiger partial charge in [-0.1, -0.05) is 41.7 Å². The first-order valence-corrected chi connectivity index (χ1v) is 16.7. The Balaban J connectivity index is 1.17. The van der Waals surface area contributed by atoms with E-state index in [2.05, 4.69) is 47.6 Å². The van der Waals surface area contributed by atoms with Crippen LogP contribution in [0.25, 0.3) is 11.8 Å². The highest BCUT2D eigenvalue weighted by Gasteiger charge is 2.66. The Morgan fingerprint density at radius 3 is 2.69 bits per heavy atom. The number of benzene rings is 1. The summed E-state index contributed by atoms with van der Waals surface area (Å²) in [6.07, 6.45) is 10.0. The van der Waals surface area contributed by atoms with Gasteiger partial charge in [0.05, 0.1) is 17.1 Å². The number of allylic oxidation sites excluding steroid dienone is 1. The Bertz CT molecular complexity index is 1640. The summed E-state index contributed by atoms with van der Waals surface area (Å²) < 4.78 is 3.00. The zero-order chi connectivity index (χ0) is 29.6. The van der Waals surface area contributed by atoms with Gasteiger partial charge in [-0.15, -0.1) is 11.3 Å². The van der Waals surface area contributed by atoms with Crippen LogP contribution in [0.3, 0.4) is 0 Å². The Morgan fingerprint density at radius 1 is 1.17 bits per heavy atom. The maximum absolute atomic E-state index is 13.0. The van der Waals surface area contributed by atoms with Gasteiger partial charge < -0.3 is 10.4 Å². The first-order chi connectivity index (χ1) is 19.9. The van der Waals surface area contributed by atoms with Crippen molar-refractivity contribution in [3.05, 3.63) is 64.3 Å². The average molecular weight is 602 g/mol. The third-order valence-corrected chi connectivity index (χ3v) is 13.1. The van der Waals surface area contributed by atoms with Crippen molar-refractivity contribution in [3.63, 3.8) is 0 Å². The van der Waals surface area contributed by atoms with E-state index in [0.29, 0.717) is 35.7 Å². The van der Waals surface area contributed by atoms with E-state index in [1.165, 1.54) is 11.1 Å². The molecule has 4 aliphatic carbocycles. The van der Waals surface area contributed by atoms with E-state index in [-0.39, 0.29) is 22.5 Å². The number of hydrogen-bond acceptors (Lipinski definition) is 5. The second kappa shape index (κ2) is 9.70. The lowest BCUT2D eigenvalue weighted by atomic mass is 9.44. The summed E-state index contributed by atoms with van der Waals surface area (Å²) in [6, 6.07) is 9.60. The lowest BCUT2D eigenvalue weighted by molar-refractivity contribution is -0.160. The maximum atomic E-state index is 13.0. The number of anilines is 1. The fourth-order valence-electron chi connectivity index (χ4n) is 9.62. The van der Waals surface area contributed by atoms with Gasteiger partial charge in [-0.2, -0.15) is 5.10 Å². The standard InChI is InChI=1S/C34H40N3O3PS/c1-19-12-25-26(8-10-33(4)27(25)9-11-34(33,40)20(2)38)32(3)16-22-17-37(36-29(22)15-28(19)32)24-7-5-6-21(13-24)31(39)35-23-14-30(41)42-18-23/h5-7,13-15,17-19,25-27,40H,8-12,16,41H2,1-4H3,(H,35,39)/t19-,25+,26-,27-,32+,33-,34-/m0/s1. The van der Waals surface area contributed by atoms with Crippen molar-refractivity contribution in [1.82, 2.24) is 9.78 Å². The molecule has 3 aromatic rings. The zero-order valence-corrected chi connectivity index (χ0v) is 26.8. The summed E-state index contributed by atoms with van der Waals surface area (Å²) in [6.45, 7) is 8.59. The van der Waals surface area contributed by atoms with E-state index in [1.54, 1.807) is 18.3 Å². The number of rotatable bonds is 4. The molecule has 7 rings (SSSR count). The summed E-state index contributed by atoms with van der Waals surface area (Å²) in [4.78, 5) is 25.6. The Morgan fingerprint density at radius 2 is 1.95 bits per heavy atom. The van der Waals surface area contributed by atoms with E-state index >= 15 is 0 Å². The predicted molar refractivity (Wildman–Crippen MR) is 171 cm³/mol. The first-order valence-electron chi connectivity index (χ1n) is 15.2. The van der Waals surface area contributed by atoms with Crippen LogP contribution >= 0.6 is 20.6 Å². The zero-order valence-electron chi connectivity index (χ0n) is 24.8. The lowest BCUT2D eigenvalue weighted by Crippen LogP contribution is -2.58. The molecule has 0 aliphatic heterocycles. The average Bonchev–Trinajstić information content (AvgIpc) is 3.63. The summed E-state index contributed by atoms with van der Waals surface area (Å²) in [5.41, 5.74) is 4.56. The second-order valence-electron chi connectivity index (χ2n) is 13.8. The molecule has 0 radical (unpaired) electrons. The third-order valence-electron chi connectivity index (χ3n) is 11.7. The van der Waals surface area contributed by atoms with Crippen molar-refractivity contribution in [3.8, 4) is 5.69 Å². The number of hydrogen-bond donors (Lipinski definition) is 2. The van der Waals surface area contributed by atoms with Gasteiger partial charge in [0.1, 0.15) is 5.60 Å². The summed E-state index contributed by atoms with van der Waals surface area (Å²) in [5.74, 6) is 1.64. The van der Waals surface area contributed by atoms with Crippen LogP contribution in [-0.4, -0.2) is 32.2 Å². The number of carbonyl (C=O) groups excluding carboxylic acids is 2. The van der Waals surface area contributed by atoms with Gasteiger partial charge in [0.25, 0.3) is 5.91 Å². The molecule has 2 heterocycles. The molecule has 6 nitrogen and oxygen atoms in total. The minimum atomic E-state index is -1.18. The van der Waals surface area contributed by atoms with Crippen LogP contribution in [0.5, 0.6) is 0 Å². The molecule has 3 fully saturated rings. The van der Waals surface area contributed by atoms with E-state index in [1.807, 2.05) is 40.4 Å². The molecule has 1 unspecified atom stereocenters. The van der Waals surface area contributed by atoms with Crippen molar-refractivity contribution >= 4 is 48.6 Å². The van der Waals surface area contributed by atoms with Crippen molar-refractivity contribution in [1.29, 1.82) is 0 Å². The maximum Gasteiger partial charge on any atom is 0.255 e. The molecular weight excluding hydrogens is 561 g/mol. The van der Waals surface area contributed by atoms with Gasteiger partial charge in [0.2, 0.25) is 0 Å². The fourth-order valence-corrected chi connectivity index (χ4v) is 10.6. The van der Waals surface area contributed by atoms with Gasteiger partial charge in [0.15, 0.2) is 5.78 Å². The van der Waals surface area contributed by atoms with Crippen LogP contribution in [0.1, 0.15) is 81.4 Å². The quantitative estimate of drug-likeness (QED) is 0.338. The van der Waals surface area contributed by atoms with Gasteiger partial charge >= 0.3 is 0 Å². The molecule has 8 atom stereocenters. The molecular formula is C34H40N3O3PS. The van der Waals surface area contributed by atoms with E-state index in [4.69, 9.17) is 5.10 Å². The molecule has 0 spiro atoms. The van der Waals surface area contributed by atoms with Crippen LogP contribution < -0.4 is 9.94 Å². The number of fused-ring (bicyclic) bond motifs is 6. The van der Waals surface area contributed by atoms with Crippen LogP contribution in [0.15, 0.2) is 47.5 Å². The highest BCUT2D eigenvalue weighted by atomic mass is 32.1. The minimum absolute atomic E-state index is 0.0279. The highest BCUT2D eigenvalue weighted by Crippen LogP contribution is 2.68. The highest BCUT2D eigenvalue weighted by molar-refractivity contribution is 7.42. The van der Waals surface area contributed by atoms with Crippen LogP contribution in [0.2, 0.25) is 0 Å². The molecule has 220 valence electrons. The number of Topliss-reactive ketones (excluding diaryl/α,β-unsaturated/α-hetero) is 1. The largest absolute Gasteiger partial charge is 0.382 e. The number of nitrogens with zero attached hydrogens (tertiary/aromatic N) is 2. The van der Waals surface area contributed by atoms with Crippen LogP contribution in [0, 0.1) is 34.5 Å². The van der Waals surface area contributed by atoms with E-state index in [9.17, 15) is 14.7 Å². The molecule has 8 heteroatoms. The van der Waals surface area contributed by atoms with Crippen molar-refractivity contribution in [2.45, 2.75) is 71.8 Å². The summed E-state index contributed by atoms with van der Waals surface area (Å²) >= 11 is 1.58. The van der Waals surface area contributed by atoms with Crippen molar-refractivity contribution < 1.29 is 14.7 Å². The predicted octanol–water partition coefficient (Wildman–Crippen LogP) is 6.43. The summed E-state index contributed by atoms with van der Waals surface area (Å²) in [7, 11) is 2.66. The SMILES string of the molecule is CC(=O)[C@@]1(O)CC[C@H]2[C@@H]3C[C@H](C)C4=Cc5nn(-c6cccc(C(=O)Nc7csc(P)c7)c6)cc5C[C@]4(C)[C@H]3CC[C@@]21C. The van der Waals surface area contributed by atoms with Crippen molar-refractivity contribution in [2.24, 2.45) is 34.5 Å². The van der Waals surface area contributed by atoms with E-state index < -0.39 is 5.60 Å². The van der Waals surface area contributed by atoms with Gasteiger partial charge in [-0.3, -0.25) is 9.59 Å². The number of amides is 1. The monoisotopic (exact) mass is 601 g/mol. The molecule has 1 amide bonds. The molecule has 2 N–H and O–H groups in total. The fraction of sp³-hybridized carbons (Fsp3) is 0.500. The Labute approximate surface area is 254 Å². The summed E-state index contributed by atoms with van der Waals surface area (Å²) in [5, 5.41) is 21.5. The van der Waals surface area contributed by atoms with Gasteiger partial charge in [-0.05, 0) is 110 Å². The Kier molecular flexibility index (Phi) is 6.51. The minimum Gasteiger partial charge on any atom is -0.382 e. The van der Waals surface area contributed by atoms with Crippen LogP contribution in [-0.2, 0) is 11.2 Å². The number of carbonyl (C=O) groups is 2. The molecule has 4 aliphatic rings. The molecule has 1 aromatic carbocycles. The number of thiophene rings is 1. The van der Waals surface area contributed by atoms with Gasteiger partial charge in [0, 0.05) is 27.2 Å². The number of nitrogens with one attached hydrogen (secondary N) is 1. The molecule has 42 heavy (non-hydrogen) atoms. The van der Waals surface area contributed by atoms with E-state index in [0.717, 1.165) is 53.8 Å². The second-order valence-corrected chi connectivity index (χ2v) is 15.8. The third kappa shape index (κ3) is 4.07. The Hall–Kier alpha value is -2.60. The molecule has 3 saturated carbocycles. The first kappa shape index (κ1) is 28.2. The smallest absolute Gasteiger partial charge is 0.255 e. The van der Waals surface area contributed by atoms with Crippen molar-refractivity contribution in [2.75, 3.05) is 5.32 Å². The number of aliphatic hydroxyl groups is 1. The normalized spacial score (nSPS) is 35.0. The molecule has 0 bridgehead atoms. The number of ketones is 1.